The third-order valence-electron chi connectivity index (χ3n) is 4.43. The van der Waals surface area contributed by atoms with E-state index in [0.717, 1.165) is 5.56 Å². The summed E-state index contributed by atoms with van der Waals surface area (Å²) in [6.07, 6.45) is -10.1. The Balaban J connectivity index is 0.00000298. The first-order valence-corrected chi connectivity index (χ1v) is 10.5. The van der Waals surface area contributed by atoms with Crippen LogP contribution >= 0.6 is 0 Å². The number of anilines is 3. The molecule has 0 aliphatic rings. The maximum absolute atomic E-state index is 13.0. The molecule has 0 unspecified atom stereocenters. The summed E-state index contributed by atoms with van der Waals surface area (Å²) in [5, 5.41) is 12.8. The van der Waals surface area contributed by atoms with Gasteiger partial charge in [-0.2, -0.15) is 26.3 Å². The Kier molecular flexibility index (Phi) is 9.92. The number of pyridine rings is 1. The van der Waals surface area contributed by atoms with E-state index in [1.54, 1.807) is 13.1 Å². The number of nitrogens with one attached hydrogen (secondary N) is 5. The number of nitrogens with zero attached hydrogens (tertiary/aromatic N) is 1. The molecule has 13 heteroatoms. The van der Waals surface area contributed by atoms with Gasteiger partial charge in [0.05, 0.1) is 22.5 Å². The second kappa shape index (κ2) is 11.8. The predicted octanol–water partition coefficient (Wildman–Crippen LogP) is 6.85. The minimum Gasteiger partial charge on any atom is -0.386 e. The molecule has 0 fully saturated rings. The molecule has 7 nitrogen and oxygen atoms in total. The fourth-order valence-electron chi connectivity index (χ4n) is 2.93. The van der Waals surface area contributed by atoms with Crippen LogP contribution in [-0.4, -0.2) is 23.8 Å². The van der Waals surface area contributed by atoms with Crippen molar-refractivity contribution >= 4 is 28.9 Å². The van der Waals surface area contributed by atoms with Crippen LogP contribution in [0.4, 0.5) is 48.3 Å². The Bertz CT molecular complexity index is 1020. The molecule has 0 bridgehead atoms. The molecule has 2 aromatic rings. The molecule has 0 saturated carbocycles. The Labute approximate surface area is 199 Å². The van der Waals surface area contributed by atoms with Crippen molar-refractivity contribution in [3.63, 3.8) is 0 Å². The average molecular weight is 506 g/mol. The molecule has 1 aromatic carbocycles. The van der Waals surface area contributed by atoms with Crippen molar-refractivity contribution in [3.8, 4) is 0 Å². The molecule has 0 atom stereocenters. The number of amides is 2. The highest BCUT2D eigenvalue weighted by Crippen LogP contribution is 2.37. The van der Waals surface area contributed by atoms with Crippen LogP contribution < -0.4 is 21.5 Å². The maximum Gasteiger partial charge on any atom is 0.416 e. The number of urea groups is 1. The van der Waals surface area contributed by atoms with Gasteiger partial charge in [-0.3, -0.25) is 10.9 Å². The van der Waals surface area contributed by atoms with Crippen LogP contribution in [-0.2, 0) is 12.4 Å². The lowest BCUT2D eigenvalue weighted by Crippen LogP contribution is -2.34. The van der Waals surface area contributed by atoms with E-state index in [4.69, 9.17) is 5.41 Å². The van der Waals surface area contributed by atoms with Gasteiger partial charge in [-0.05, 0) is 42.7 Å². The summed E-state index contributed by atoms with van der Waals surface area (Å²) in [7, 11) is 1.67. The van der Waals surface area contributed by atoms with Gasteiger partial charge in [0.2, 0.25) is 0 Å². The Morgan fingerprint density at radius 1 is 0.971 bits per heavy atom. The highest BCUT2D eigenvalue weighted by Gasteiger charge is 2.37. The van der Waals surface area contributed by atoms with Crippen molar-refractivity contribution in [2.24, 2.45) is 0 Å². The molecule has 2 amide bonds. The van der Waals surface area contributed by atoms with Crippen LogP contribution in [0.1, 0.15) is 62.9 Å². The molecule has 1 heterocycles. The van der Waals surface area contributed by atoms with Crippen molar-refractivity contribution in [2.45, 2.75) is 52.9 Å². The standard InChI is InChI=1S/C20H22F6N6O.C2H6/c1-9(2)14-8-15(30-16(10(3)27)17(14)28-4)31-32-18(33)29-13-6-11(19(21,22)23)5-12(7-13)20(24,25)26;1-2/h5-9,27-28H,1-4H3,(H,30,31)(H2,29,32,33);1-2H3. The van der Waals surface area contributed by atoms with Gasteiger partial charge in [0.25, 0.3) is 0 Å². The lowest BCUT2D eigenvalue weighted by molar-refractivity contribution is -0.143. The number of halogens is 6. The van der Waals surface area contributed by atoms with E-state index in [-0.39, 0.29) is 23.5 Å². The fourth-order valence-corrected chi connectivity index (χ4v) is 2.93. The molecule has 194 valence electrons. The van der Waals surface area contributed by atoms with Gasteiger partial charge in [-0.1, -0.05) is 27.7 Å². The molecule has 2 rings (SSSR count). The minimum atomic E-state index is -5.04. The van der Waals surface area contributed by atoms with Crippen molar-refractivity contribution in [1.29, 1.82) is 5.41 Å². The van der Waals surface area contributed by atoms with Crippen LogP contribution in [0, 0.1) is 5.41 Å². The van der Waals surface area contributed by atoms with E-state index < -0.39 is 35.2 Å². The summed E-state index contributed by atoms with van der Waals surface area (Å²) in [4.78, 5) is 16.4. The SMILES string of the molecule is CC.CNc1c(C(C)C)cc(NNC(=O)Nc2cc(C(F)(F)F)cc(C(F)(F)F)c2)nc1C(C)=N. The summed E-state index contributed by atoms with van der Waals surface area (Å²) in [6, 6.07) is 1.21. The van der Waals surface area contributed by atoms with Gasteiger partial charge >= 0.3 is 18.4 Å². The molecule has 0 aliphatic carbocycles. The molecule has 0 radical (unpaired) electrons. The predicted molar refractivity (Wildman–Crippen MR) is 124 cm³/mol. The van der Waals surface area contributed by atoms with E-state index in [0.29, 0.717) is 23.5 Å². The van der Waals surface area contributed by atoms with E-state index in [9.17, 15) is 31.1 Å². The summed E-state index contributed by atoms with van der Waals surface area (Å²) < 4.78 is 77.8. The van der Waals surface area contributed by atoms with E-state index in [1.807, 2.05) is 33.0 Å². The Morgan fingerprint density at radius 3 is 1.89 bits per heavy atom. The molecule has 0 saturated heterocycles. The molecular formula is C22H28F6N6O. The van der Waals surface area contributed by atoms with Crippen LogP contribution in [0.3, 0.4) is 0 Å². The number of rotatable bonds is 6. The molecule has 0 spiro atoms. The lowest BCUT2D eigenvalue weighted by Gasteiger charge is -2.19. The van der Waals surface area contributed by atoms with Crippen molar-refractivity contribution in [1.82, 2.24) is 10.4 Å². The summed E-state index contributed by atoms with van der Waals surface area (Å²) in [6.45, 7) is 9.31. The number of alkyl halides is 6. The number of carbonyl (C=O) groups is 1. The van der Waals surface area contributed by atoms with E-state index in [1.165, 1.54) is 6.92 Å². The highest BCUT2D eigenvalue weighted by molar-refractivity contribution is 6.00. The number of hydrogen-bond acceptors (Lipinski definition) is 5. The van der Waals surface area contributed by atoms with Crippen LogP contribution in [0.15, 0.2) is 24.3 Å². The maximum atomic E-state index is 13.0. The highest BCUT2D eigenvalue weighted by atomic mass is 19.4. The normalized spacial score (nSPS) is 11.3. The van der Waals surface area contributed by atoms with Gasteiger partial charge in [0.1, 0.15) is 11.5 Å². The number of benzene rings is 1. The summed E-state index contributed by atoms with van der Waals surface area (Å²) in [5.74, 6) is 0.128. The lowest BCUT2D eigenvalue weighted by atomic mass is 9.99. The van der Waals surface area contributed by atoms with Gasteiger partial charge in [0, 0.05) is 12.7 Å². The van der Waals surface area contributed by atoms with Crippen LogP contribution in [0.2, 0.25) is 0 Å². The summed E-state index contributed by atoms with van der Waals surface area (Å²) >= 11 is 0. The fraction of sp³-hybridized carbons (Fsp3) is 0.409. The van der Waals surface area contributed by atoms with Crippen molar-refractivity contribution in [2.75, 3.05) is 23.1 Å². The monoisotopic (exact) mass is 506 g/mol. The van der Waals surface area contributed by atoms with Crippen LogP contribution in [0.5, 0.6) is 0 Å². The van der Waals surface area contributed by atoms with Gasteiger partial charge in [-0.15, -0.1) is 0 Å². The van der Waals surface area contributed by atoms with Gasteiger partial charge < -0.3 is 16.0 Å². The molecule has 1 aromatic heterocycles. The Morgan fingerprint density at radius 2 is 1.49 bits per heavy atom. The van der Waals surface area contributed by atoms with E-state index >= 15 is 0 Å². The Hall–Kier alpha value is -3.51. The third-order valence-corrected chi connectivity index (χ3v) is 4.43. The molecule has 5 N–H and O–H groups in total. The zero-order valence-electron chi connectivity index (χ0n) is 20.0. The summed E-state index contributed by atoms with van der Waals surface area (Å²) in [5.41, 5.74) is 2.59. The smallest absolute Gasteiger partial charge is 0.386 e. The third kappa shape index (κ3) is 8.04. The first kappa shape index (κ1) is 29.5. The second-order valence-corrected chi connectivity index (χ2v) is 7.35. The number of hydrogen-bond donors (Lipinski definition) is 5. The topological polar surface area (TPSA) is 102 Å². The zero-order valence-corrected chi connectivity index (χ0v) is 20.0. The van der Waals surface area contributed by atoms with Crippen molar-refractivity contribution < 1.29 is 31.1 Å². The first-order valence-electron chi connectivity index (χ1n) is 10.5. The number of carbonyl (C=O) groups excluding carboxylic acids is 1. The largest absolute Gasteiger partial charge is 0.416 e. The van der Waals surface area contributed by atoms with Gasteiger partial charge in [-0.25, -0.2) is 9.78 Å². The van der Waals surface area contributed by atoms with E-state index in [2.05, 4.69) is 21.2 Å². The van der Waals surface area contributed by atoms with Gasteiger partial charge in [0.15, 0.2) is 0 Å². The molecular weight excluding hydrogens is 478 g/mol. The van der Waals surface area contributed by atoms with Crippen molar-refractivity contribution in [3.05, 3.63) is 46.6 Å². The second-order valence-electron chi connectivity index (χ2n) is 7.35. The van der Waals surface area contributed by atoms with Crippen LogP contribution in [0.25, 0.3) is 0 Å². The molecule has 35 heavy (non-hydrogen) atoms. The number of aromatic nitrogens is 1. The number of hydrazine groups is 1. The minimum absolute atomic E-state index is 0.00817. The average Bonchev–Trinajstić information content (AvgIpc) is 2.76. The zero-order chi connectivity index (χ0) is 27.1. The molecule has 0 aliphatic heterocycles. The first-order chi connectivity index (χ1) is 16.1. The quantitative estimate of drug-likeness (QED) is 0.168.